The minimum Gasteiger partial charge on any atom is -0.497 e. The molecule has 3 aromatic carbocycles. The number of carbonyl (C=O) groups is 2. The third-order valence-electron chi connectivity index (χ3n) is 6.72. The highest BCUT2D eigenvalue weighted by atomic mass is 32.2. The topological polar surface area (TPSA) is 87.7 Å². The number of ether oxygens (including phenoxy) is 1. The zero-order chi connectivity index (χ0) is 30.2. The van der Waals surface area contributed by atoms with E-state index >= 15 is 0 Å². The summed E-state index contributed by atoms with van der Waals surface area (Å²) >= 11 is 1.27. The molecule has 1 aromatic heterocycles. The second kappa shape index (κ2) is 14.0. The Kier molecular flexibility index (Phi) is 10.2. The van der Waals surface area contributed by atoms with Crippen LogP contribution in [-0.2, 0) is 16.1 Å². The van der Waals surface area contributed by atoms with Crippen LogP contribution in [0.25, 0.3) is 0 Å². The fourth-order valence-electron chi connectivity index (χ4n) is 4.49. The van der Waals surface area contributed by atoms with Crippen molar-refractivity contribution in [1.29, 1.82) is 0 Å². The van der Waals surface area contributed by atoms with Crippen LogP contribution in [0.1, 0.15) is 34.1 Å². The van der Waals surface area contributed by atoms with Gasteiger partial charge in [0.2, 0.25) is 5.91 Å². The Morgan fingerprint density at radius 1 is 0.881 bits per heavy atom. The molecule has 0 aliphatic carbocycles. The van der Waals surface area contributed by atoms with Gasteiger partial charge in [-0.05, 0) is 74.4 Å². The fourth-order valence-corrected chi connectivity index (χ4v) is 5.33. The number of aromatic nitrogens is 2. The molecule has 4 aromatic rings. The van der Waals surface area contributed by atoms with Gasteiger partial charge in [0.15, 0.2) is 5.16 Å². The van der Waals surface area contributed by atoms with Gasteiger partial charge in [-0.25, -0.2) is 9.97 Å². The maximum atomic E-state index is 14.1. The molecular formula is C33H37N5O3S. The number of hydrogen-bond acceptors (Lipinski definition) is 7. The van der Waals surface area contributed by atoms with Crippen molar-refractivity contribution in [3.63, 3.8) is 0 Å². The first-order valence-electron chi connectivity index (χ1n) is 13.6. The number of nitrogens with zero attached hydrogens (tertiary/aromatic N) is 4. The normalized spacial score (nSPS) is 11.5. The second-order valence-corrected chi connectivity index (χ2v) is 11.3. The Balaban J connectivity index is 1.69. The largest absolute Gasteiger partial charge is 0.497 e. The van der Waals surface area contributed by atoms with Crippen molar-refractivity contribution < 1.29 is 14.3 Å². The van der Waals surface area contributed by atoms with Crippen LogP contribution in [0, 0.1) is 20.8 Å². The summed E-state index contributed by atoms with van der Waals surface area (Å²) in [7, 11) is 5.54. The average Bonchev–Trinajstić information content (AvgIpc) is 2.96. The Hall–Kier alpha value is -4.37. The average molecular weight is 584 g/mol. The number of carbonyl (C=O) groups excluding carboxylic acids is 2. The summed E-state index contributed by atoms with van der Waals surface area (Å²) in [5.41, 5.74) is 6.00. The molecular weight excluding hydrogens is 546 g/mol. The van der Waals surface area contributed by atoms with E-state index in [0.717, 1.165) is 33.8 Å². The number of methoxy groups -OCH3 is 1. The highest BCUT2D eigenvalue weighted by Gasteiger charge is 2.32. The molecule has 0 aliphatic rings. The monoisotopic (exact) mass is 583 g/mol. The number of hydrogen-bond donors (Lipinski definition) is 1. The number of thioether (sulfide) groups is 1. The van der Waals surface area contributed by atoms with Crippen LogP contribution < -0.4 is 15.0 Å². The molecule has 1 N–H and O–H groups in total. The number of nitrogens with one attached hydrogen (secondary N) is 1. The minimum atomic E-state index is -0.880. The molecule has 0 saturated carbocycles. The highest BCUT2D eigenvalue weighted by molar-refractivity contribution is 7.99. The van der Waals surface area contributed by atoms with Crippen LogP contribution in [0.2, 0.25) is 0 Å². The van der Waals surface area contributed by atoms with Crippen LogP contribution in [0.5, 0.6) is 5.75 Å². The SMILES string of the molecule is COc1ccc(CN(C(=O)CSc2nc(C)cc(C)n2)C(C(=O)Nc2ccc(N(C)C)cc2)c2ccc(C)cc2)cc1. The number of anilines is 2. The lowest BCUT2D eigenvalue weighted by molar-refractivity contribution is -0.137. The van der Waals surface area contributed by atoms with Gasteiger partial charge in [-0.3, -0.25) is 9.59 Å². The van der Waals surface area contributed by atoms with E-state index in [-0.39, 0.29) is 24.1 Å². The Morgan fingerprint density at radius 3 is 2.07 bits per heavy atom. The van der Waals surface area contributed by atoms with Crippen molar-refractivity contribution >= 4 is 35.0 Å². The first kappa shape index (κ1) is 30.6. The first-order chi connectivity index (χ1) is 20.1. The standard InChI is InChI=1S/C33H37N5O3S/c1-22-7-11-26(12-8-22)31(32(40)36-27-13-15-28(16-14-27)37(4)5)38(20-25-9-17-29(41-6)18-10-25)30(39)21-42-33-34-23(2)19-24(3)35-33/h7-19,31H,20-21H2,1-6H3,(H,36,40). The van der Waals surface area contributed by atoms with Crippen molar-refractivity contribution in [2.75, 3.05) is 37.2 Å². The molecule has 1 unspecified atom stereocenters. The van der Waals surface area contributed by atoms with Gasteiger partial charge < -0.3 is 19.9 Å². The number of rotatable bonds is 11. The molecule has 2 amide bonds. The minimum absolute atomic E-state index is 0.0756. The van der Waals surface area contributed by atoms with Crippen molar-refractivity contribution in [1.82, 2.24) is 14.9 Å². The molecule has 1 heterocycles. The zero-order valence-electron chi connectivity index (χ0n) is 24.9. The summed E-state index contributed by atoms with van der Waals surface area (Å²) in [6.07, 6.45) is 0. The molecule has 8 nitrogen and oxygen atoms in total. The van der Waals surface area contributed by atoms with E-state index in [9.17, 15) is 9.59 Å². The van der Waals surface area contributed by atoms with E-state index in [1.165, 1.54) is 11.8 Å². The van der Waals surface area contributed by atoms with Crippen molar-refractivity contribution in [2.45, 2.75) is 38.5 Å². The molecule has 1 atom stereocenters. The number of benzene rings is 3. The maximum Gasteiger partial charge on any atom is 0.251 e. The van der Waals surface area contributed by atoms with Gasteiger partial charge in [-0.1, -0.05) is 53.7 Å². The van der Waals surface area contributed by atoms with Crippen LogP contribution in [0.3, 0.4) is 0 Å². The predicted octanol–water partition coefficient (Wildman–Crippen LogP) is 5.98. The van der Waals surface area contributed by atoms with E-state index in [1.54, 1.807) is 12.0 Å². The molecule has 0 radical (unpaired) electrons. The molecule has 42 heavy (non-hydrogen) atoms. The van der Waals surface area contributed by atoms with E-state index in [1.807, 2.05) is 119 Å². The molecule has 4 rings (SSSR count). The number of amides is 2. The van der Waals surface area contributed by atoms with Gasteiger partial charge in [0.25, 0.3) is 5.91 Å². The van der Waals surface area contributed by atoms with Gasteiger partial charge >= 0.3 is 0 Å². The summed E-state index contributed by atoms with van der Waals surface area (Å²) in [4.78, 5) is 40.6. The van der Waals surface area contributed by atoms with Gasteiger partial charge in [0, 0.05) is 43.4 Å². The summed E-state index contributed by atoms with van der Waals surface area (Å²) < 4.78 is 5.32. The van der Waals surface area contributed by atoms with Crippen LogP contribution in [-0.4, -0.2) is 53.6 Å². The lowest BCUT2D eigenvalue weighted by atomic mass is 10.0. The lowest BCUT2D eigenvalue weighted by Gasteiger charge is -2.32. The summed E-state index contributed by atoms with van der Waals surface area (Å²) in [5, 5.41) is 3.58. The predicted molar refractivity (Wildman–Crippen MR) is 169 cm³/mol. The smallest absolute Gasteiger partial charge is 0.251 e. The van der Waals surface area contributed by atoms with E-state index < -0.39 is 6.04 Å². The fraction of sp³-hybridized carbons (Fsp3) is 0.273. The molecule has 9 heteroatoms. The molecule has 0 fully saturated rings. The van der Waals surface area contributed by atoms with Gasteiger partial charge in [-0.15, -0.1) is 0 Å². The molecule has 0 aliphatic heterocycles. The first-order valence-corrected chi connectivity index (χ1v) is 14.6. The molecule has 0 bridgehead atoms. The Bertz CT molecular complexity index is 1490. The summed E-state index contributed by atoms with van der Waals surface area (Å²) in [6.45, 7) is 6.02. The van der Waals surface area contributed by atoms with Crippen molar-refractivity contribution in [3.05, 3.63) is 107 Å². The van der Waals surface area contributed by atoms with Gasteiger partial charge in [0.1, 0.15) is 11.8 Å². The van der Waals surface area contributed by atoms with Crippen LogP contribution in [0.4, 0.5) is 11.4 Å². The van der Waals surface area contributed by atoms with Crippen molar-refractivity contribution in [3.8, 4) is 5.75 Å². The Morgan fingerprint density at radius 2 is 1.50 bits per heavy atom. The van der Waals surface area contributed by atoms with Gasteiger partial charge in [0.05, 0.1) is 12.9 Å². The van der Waals surface area contributed by atoms with Crippen LogP contribution >= 0.6 is 11.8 Å². The van der Waals surface area contributed by atoms with E-state index in [4.69, 9.17) is 4.74 Å². The Labute approximate surface area is 252 Å². The molecule has 0 saturated heterocycles. The van der Waals surface area contributed by atoms with Gasteiger partial charge in [-0.2, -0.15) is 0 Å². The third-order valence-corrected chi connectivity index (χ3v) is 7.56. The van der Waals surface area contributed by atoms with Crippen molar-refractivity contribution in [2.24, 2.45) is 0 Å². The zero-order valence-corrected chi connectivity index (χ0v) is 25.7. The van der Waals surface area contributed by atoms with E-state index in [0.29, 0.717) is 16.6 Å². The lowest BCUT2D eigenvalue weighted by Crippen LogP contribution is -2.41. The number of aryl methyl sites for hydroxylation is 3. The second-order valence-electron chi connectivity index (χ2n) is 10.3. The van der Waals surface area contributed by atoms with E-state index in [2.05, 4.69) is 15.3 Å². The summed E-state index contributed by atoms with van der Waals surface area (Å²) in [5.74, 6) is 0.285. The molecule has 218 valence electrons. The highest BCUT2D eigenvalue weighted by Crippen LogP contribution is 2.28. The summed E-state index contributed by atoms with van der Waals surface area (Å²) in [6, 6.07) is 23.9. The molecule has 0 spiro atoms. The quantitative estimate of drug-likeness (QED) is 0.172. The van der Waals surface area contributed by atoms with Crippen LogP contribution in [0.15, 0.2) is 84.0 Å². The maximum absolute atomic E-state index is 14.1. The third kappa shape index (κ3) is 8.10.